The summed E-state index contributed by atoms with van der Waals surface area (Å²) in [5.41, 5.74) is 4.91. The molecule has 1 atom stereocenters. The van der Waals surface area contributed by atoms with Gasteiger partial charge in [-0.05, 0) is 72.3 Å². The standard InChI is InChI=1S/C36H33N3O4/c1-3-24-16-19-27(20-17-24)39-35(38-31-14-8-7-13-29(31)36(39)41)26-18-21-32(33(22-26)42-4-2)43-23-34(40)37-30-15-9-11-25-10-5-6-12-28(25)30/h5-22,35,38H,3-4,23H2,1-2H3,(H,37,40)/t35-/m0/s1. The van der Waals surface area contributed by atoms with E-state index in [2.05, 4.69) is 17.6 Å². The summed E-state index contributed by atoms with van der Waals surface area (Å²) in [6.45, 7) is 4.22. The molecule has 7 nitrogen and oxygen atoms in total. The van der Waals surface area contributed by atoms with Crippen molar-refractivity contribution in [2.75, 3.05) is 28.7 Å². The molecule has 0 bridgehead atoms. The normalized spacial score (nSPS) is 14.1. The summed E-state index contributed by atoms with van der Waals surface area (Å²) in [5.74, 6) is 0.570. The minimum Gasteiger partial charge on any atom is -0.490 e. The largest absolute Gasteiger partial charge is 0.490 e. The fraction of sp³-hybridized carbons (Fsp3) is 0.167. The van der Waals surface area contributed by atoms with Gasteiger partial charge in [0.15, 0.2) is 18.1 Å². The Bertz CT molecular complexity index is 1780. The monoisotopic (exact) mass is 571 g/mol. The number of nitrogens with zero attached hydrogens (tertiary/aromatic N) is 1. The Kier molecular flexibility index (Phi) is 7.96. The lowest BCUT2D eigenvalue weighted by molar-refractivity contribution is -0.118. The molecule has 0 saturated carbocycles. The molecule has 5 aromatic rings. The highest BCUT2D eigenvalue weighted by atomic mass is 16.5. The molecule has 1 heterocycles. The van der Waals surface area contributed by atoms with Gasteiger partial charge < -0.3 is 20.1 Å². The van der Waals surface area contributed by atoms with E-state index in [1.54, 1.807) is 11.0 Å². The molecule has 0 spiro atoms. The van der Waals surface area contributed by atoms with Crippen LogP contribution in [0.1, 0.15) is 41.5 Å². The zero-order chi connectivity index (χ0) is 29.8. The third-order valence-corrected chi connectivity index (χ3v) is 7.56. The number of amides is 2. The fourth-order valence-electron chi connectivity index (χ4n) is 5.39. The Morgan fingerprint density at radius 2 is 1.60 bits per heavy atom. The van der Waals surface area contributed by atoms with Gasteiger partial charge in [0.1, 0.15) is 6.17 Å². The van der Waals surface area contributed by atoms with Crippen LogP contribution in [0.4, 0.5) is 17.1 Å². The van der Waals surface area contributed by atoms with Crippen molar-refractivity contribution >= 4 is 39.6 Å². The number of rotatable bonds is 9. The average molecular weight is 572 g/mol. The molecule has 1 aliphatic rings. The minimum atomic E-state index is -0.488. The van der Waals surface area contributed by atoms with Crippen molar-refractivity contribution in [3.8, 4) is 11.5 Å². The Balaban J connectivity index is 1.26. The highest BCUT2D eigenvalue weighted by Crippen LogP contribution is 2.39. The van der Waals surface area contributed by atoms with Crippen molar-refractivity contribution in [2.45, 2.75) is 26.4 Å². The van der Waals surface area contributed by atoms with Gasteiger partial charge in [-0.3, -0.25) is 14.5 Å². The summed E-state index contributed by atoms with van der Waals surface area (Å²) in [4.78, 5) is 28.5. The second-order valence-electron chi connectivity index (χ2n) is 10.3. The topological polar surface area (TPSA) is 79.9 Å². The van der Waals surface area contributed by atoms with Gasteiger partial charge >= 0.3 is 0 Å². The molecular formula is C36H33N3O4. The molecule has 6 rings (SSSR count). The Morgan fingerprint density at radius 1 is 0.837 bits per heavy atom. The van der Waals surface area contributed by atoms with Crippen LogP contribution in [-0.2, 0) is 11.2 Å². The lowest BCUT2D eigenvalue weighted by Gasteiger charge is -2.38. The van der Waals surface area contributed by atoms with Gasteiger partial charge in [-0.15, -0.1) is 0 Å². The number of carbonyl (C=O) groups excluding carboxylic acids is 2. The number of benzene rings is 5. The maximum atomic E-state index is 13.8. The molecule has 0 fully saturated rings. The van der Waals surface area contributed by atoms with Crippen molar-refractivity contribution in [3.63, 3.8) is 0 Å². The zero-order valence-corrected chi connectivity index (χ0v) is 24.2. The van der Waals surface area contributed by atoms with Crippen molar-refractivity contribution in [1.82, 2.24) is 0 Å². The fourth-order valence-corrected chi connectivity index (χ4v) is 5.39. The molecule has 43 heavy (non-hydrogen) atoms. The Morgan fingerprint density at radius 3 is 2.42 bits per heavy atom. The first-order valence-electron chi connectivity index (χ1n) is 14.5. The second-order valence-corrected chi connectivity index (χ2v) is 10.3. The molecule has 216 valence electrons. The highest BCUT2D eigenvalue weighted by Gasteiger charge is 2.34. The first-order chi connectivity index (χ1) is 21.1. The van der Waals surface area contributed by atoms with Crippen molar-refractivity contribution in [3.05, 3.63) is 126 Å². The van der Waals surface area contributed by atoms with E-state index in [4.69, 9.17) is 9.47 Å². The number of hydrogen-bond acceptors (Lipinski definition) is 5. The Hall–Kier alpha value is -5.30. The maximum absolute atomic E-state index is 13.8. The number of ether oxygens (including phenoxy) is 2. The van der Waals surface area contributed by atoms with E-state index < -0.39 is 6.17 Å². The maximum Gasteiger partial charge on any atom is 0.262 e. The SMILES string of the molecule is CCOc1cc([C@H]2Nc3ccccc3C(=O)N2c2ccc(CC)cc2)ccc1OCC(=O)Nc1cccc2ccccc12. The zero-order valence-electron chi connectivity index (χ0n) is 24.2. The van der Waals surface area contributed by atoms with Crippen LogP contribution in [0.2, 0.25) is 0 Å². The third-order valence-electron chi connectivity index (χ3n) is 7.56. The molecule has 1 aliphatic heterocycles. The van der Waals surface area contributed by atoms with Crippen LogP contribution in [0.15, 0.2) is 109 Å². The average Bonchev–Trinajstić information content (AvgIpc) is 3.04. The minimum absolute atomic E-state index is 0.0907. The number of para-hydroxylation sites is 1. The van der Waals surface area contributed by atoms with Crippen LogP contribution in [0.3, 0.4) is 0 Å². The quantitative estimate of drug-likeness (QED) is 0.191. The number of aryl methyl sites for hydroxylation is 1. The van der Waals surface area contributed by atoms with Gasteiger partial charge in [0.2, 0.25) is 0 Å². The number of anilines is 3. The van der Waals surface area contributed by atoms with Gasteiger partial charge in [-0.2, -0.15) is 0 Å². The predicted octanol–water partition coefficient (Wildman–Crippen LogP) is 7.59. The number of hydrogen-bond donors (Lipinski definition) is 2. The first kappa shape index (κ1) is 27.8. The van der Waals surface area contributed by atoms with Crippen LogP contribution >= 0.6 is 0 Å². The van der Waals surface area contributed by atoms with Gasteiger partial charge in [-0.25, -0.2) is 0 Å². The van der Waals surface area contributed by atoms with Gasteiger partial charge in [-0.1, -0.05) is 73.7 Å². The smallest absolute Gasteiger partial charge is 0.262 e. The highest BCUT2D eigenvalue weighted by molar-refractivity contribution is 6.12. The van der Waals surface area contributed by atoms with E-state index in [0.29, 0.717) is 23.7 Å². The van der Waals surface area contributed by atoms with Crippen LogP contribution < -0.4 is 25.0 Å². The molecule has 0 radical (unpaired) electrons. The second kappa shape index (κ2) is 12.3. The van der Waals surface area contributed by atoms with Crippen LogP contribution in [0, 0.1) is 0 Å². The number of fused-ring (bicyclic) bond motifs is 2. The molecule has 0 saturated heterocycles. The van der Waals surface area contributed by atoms with Crippen LogP contribution in [0.25, 0.3) is 10.8 Å². The van der Waals surface area contributed by atoms with Crippen molar-refractivity contribution < 1.29 is 19.1 Å². The molecule has 5 aromatic carbocycles. The molecule has 2 amide bonds. The van der Waals surface area contributed by atoms with E-state index >= 15 is 0 Å². The Labute approximate surface area is 251 Å². The molecule has 0 unspecified atom stereocenters. The van der Waals surface area contributed by atoms with Crippen LogP contribution in [0.5, 0.6) is 11.5 Å². The number of nitrogens with one attached hydrogen (secondary N) is 2. The summed E-state index contributed by atoms with van der Waals surface area (Å²) in [6, 6.07) is 34.8. The summed E-state index contributed by atoms with van der Waals surface area (Å²) in [5, 5.41) is 8.51. The van der Waals surface area contributed by atoms with E-state index in [1.807, 2.05) is 110 Å². The summed E-state index contributed by atoms with van der Waals surface area (Å²) in [7, 11) is 0. The predicted molar refractivity (Wildman–Crippen MR) is 171 cm³/mol. The first-order valence-corrected chi connectivity index (χ1v) is 14.5. The molecular weight excluding hydrogens is 538 g/mol. The third kappa shape index (κ3) is 5.75. The molecule has 7 heteroatoms. The lowest BCUT2D eigenvalue weighted by atomic mass is 10.0. The molecule has 0 aliphatic carbocycles. The van der Waals surface area contributed by atoms with E-state index in [9.17, 15) is 9.59 Å². The lowest BCUT2D eigenvalue weighted by Crippen LogP contribution is -2.43. The summed E-state index contributed by atoms with van der Waals surface area (Å²) >= 11 is 0. The summed E-state index contributed by atoms with van der Waals surface area (Å²) < 4.78 is 11.9. The van der Waals surface area contributed by atoms with E-state index in [1.165, 1.54) is 5.56 Å². The van der Waals surface area contributed by atoms with Crippen molar-refractivity contribution in [2.24, 2.45) is 0 Å². The van der Waals surface area contributed by atoms with E-state index in [-0.39, 0.29) is 18.4 Å². The van der Waals surface area contributed by atoms with Gasteiger partial charge in [0.25, 0.3) is 11.8 Å². The van der Waals surface area contributed by atoms with Crippen LogP contribution in [-0.4, -0.2) is 25.0 Å². The van der Waals surface area contributed by atoms with Gasteiger partial charge in [0.05, 0.1) is 12.2 Å². The van der Waals surface area contributed by atoms with Crippen molar-refractivity contribution in [1.29, 1.82) is 0 Å². The van der Waals surface area contributed by atoms with Gasteiger partial charge in [0, 0.05) is 22.4 Å². The van der Waals surface area contributed by atoms with E-state index in [0.717, 1.165) is 39.8 Å². The summed E-state index contributed by atoms with van der Waals surface area (Å²) in [6.07, 6.45) is 0.426. The number of carbonyl (C=O) groups is 2. The molecule has 2 N–H and O–H groups in total. The molecule has 0 aromatic heterocycles.